The zero-order valence-corrected chi connectivity index (χ0v) is 17.2. The van der Waals surface area contributed by atoms with Gasteiger partial charge in [-0.15, -0.1) is 0 Å². The monoisotopic (exact) mass is 378 g/mol. The van der Waals surface area contributed by atoms with Crippen molar-refractivity contribution in [3.05, 3.63) is 42.7 Å². The molecule has 2 aromatic rings. The molecule has 1 aromatic heterocycles. The Hall–Kier alpha value is -2.18. The van der Waals surface area contributed by atoms with Crippen LogP contribution in [0.3, 0.4) is 0 Å². The zero-order valence-electron chi connectivity index (χ0n) is 17.2. The Labute approximate surface area is 167 Å². The number of carbonyl (C=O) groups excluding carboxylic acids is 1. The van der Waals surface area contributed by atoms with E-state index >= 15 is 0 Å². The Morgan fingerprint density at radius 3 is 2.25 bits per heavy atom. The molecule has 4 rings (SSSR count). The standard InChI is InChI=1S/C22H27BN2O3/c1-15-10-20(26)25(14-15)19-8-6-16(7-9-19)17-11-18(13-24-12-17)23-27-21(2,3)22(4,5)28-23/h6-9,11-13,15H,10,14H2,1-5H3/t15-/m1/s1. The molecule has 1 amide bonds. The van der Waals surface area contributed by atoms with Gasteiger partial charge in [0, 0.05) is 36.5 Å². The number of nitrogens with zero attached hydrogens (tertiary/aromatic N) is 2. The molecule has 2 fully saturated rings. The molecule has 5 nitrogen and oxygen atoms in total. The molecule has 2 aliphatic rings. The van der Waals surface area contributed by atoms with Crippen molar-refractivity contribution in [2.75, 3.05) is 11.4 Å². The number of hydrogen-bond acceptors (Lipinski definition) is 4. The third kappa shape index (κ3) is 3.35. The quantitative estimate of drug-likeness (QED) is 0.768. The highest BCUT2D eigenvalue weighted by atomic mass is 16.7. The second-order valence-electron chi connectivity index (χ2n) is 8.96. The van der Waals surface area contributed by atoms with Gasteiger partial charge in [-0.05, 0) is 56.9 Å². The van der Waals surface area contributed by atoms with Crippen molar-refractivity contribution in [3.63, 3.8) is 0 Å². The van der Waals surface area contributed by atoms with E-state index in [-0.39, 0.29) is 17.1 Å². The van der Waals surface area contributed by atoms with Gasteiger partial charge < -0.3 is 14.2 Å². The van der Waals surface area contributed by atoms with E-state index in [9.17, 15) is 4.79 Å². The van der Waals surface area contributed by atoms with Gasteiger partial charge in [0.25, 0.3) is 0 Å². The molecule has 0 unspecified atom stereocenters. The summed E-state index contributed by atoms with van der Waals surface area (Å²) < 4.78 is 12.3. The van der Waals surface area contributed by atoms with E-state index in [0.717, 1.165) is 28.8 Å². The third-order valence-electron chi connectivity index (χ3n) is 6.12. The smallest absolute Gasteiger partial charge is 0.399 e. The second-order valence-corrected chi connectivity index (χ2v) is 8.96. The molecule has 0 radical (unpaired) electrons. The van der Waals surface area contributed by atoms with Crippen LogP contribution in [0.1, 0.15) is 41.0 Å². The molecule has 1 aromatic carbocycles. The SMILES string of the molecule is C[C@@H]1CC(=O)N(c2ccc(-c3cncc(B4OC(C)(C)C(C)(C)O4)c3)cc2)C1. The van der Waals surface area contributed by atoms with Crippen molar-refractivity contribution in [2.45, 2.75) is 52.2 Å². The zero-order chi connectivity index (χ0) is 20.1. The predicted molar refractivity (Wildman–Crippen MR) is 112 cm³/mol. The van der Waals surface area contributed by atoms with E-state index in [0.29, 0.717) is 12.3 Å². The first-order chi connectivity index (χ1) is 13.2. The van der Waals surface area contributed by atoms with Crippen LogP contribution < -0.4 is 10.4 Å². The van der Waals surface area contributed by atoms with Crippen molar-refractivity contribution in [1.29, 1.82) is 0 Å². The van der Waals surface area contributed by atoms with Crippen LogP contribution in [-0.2, 0) is 14.1 Å². The minimum Gasteiger partial charge on any atom is -0.399 e. The maximum Gasteiger partial charge on any atom is 0.496 e. The van der Waals surface area contributed by atoms with Crippen LogP contribution in [-0.4, -0.2) is 35.8 Å². The molecule has 28 heavy (non-hydrogen) atoms. The van der Waals surface area contributed by atoms with E-state index in [2.05, 4.69) is 18.0 Å². The van der Waals surface area contributed by atoms with Gasteiger partial charge in [0.1, 0.15) is 0 Å². The number of pyridine rings is 1. The van der Waals surface area contributed by atoms with Crippen molar-refractivity contribution < 1.29 is 14.1 Å². The van der Waals surface area contributed by atoms with Crippen LogP contribution in [0.25, 0.3) is 11.1 Å². The first-order valence-electron chi connectivity index (χ1n) is 9.88. The van der Waals surface area contributed by atoms with Gasteiger partial charge in [-0.3, -0.25) is 9.78 Å². The van der Waals surface area contributed by atoms with Gasteiger partial charge in [-0.2, -0.15) is 0 Å². The summed E-state index contributed by atoms with van der Waals surface area (Å²) in [6.07, 6.45) is 4.26. The maximum absolute atomic E-state index is 12.1. The van der Waals surface area contributed by atoms with Crippen molar-refractivity contribution in [2.24, 2.45) is 5.92 Å². The maximum atomic E-state index is 12.1. The van der Waals surface area contributed by atoms with E-state index in [1.807, 2.05) is 63.1 Å². The van der Waals surface area contributed by atoms with E-state index in [1.54, 1.807) is 6.20 Å². The molecule has 0 N–H and O–H groups in total. The number of anilines is 1. The molecular formula is C22H27BN2O3. The second kappa shape index (κ2) is 6.71. The molecule has 0 aliphatic carbocycles. The van der Waals surface area contributed by atoms with E-state index in [4.69, 9.17) is 9.31 Å². The molecule has 0 bridgehead atoms. The summed E-state index contributed by atoms with van der Waals surface area (Å²) in [6, 6.07) is 10.2. The summed E-state index contributed by atoms with van der Waals surface area (Å²) in [5.41, 5.74) is 3.15. The third-order valence-corrected chi connectivity index (χ3v) is 6.12. The first kappa shape index (κ1) is 19.2. The largest absolute Gasteiger partial charge is 0.496 e. The van der Waals surface area contributed by atoms with Crippen LogP contribution in [0.15, 0.2) is 42.7 Å². The van der Waals surface area contributed by atoms with E-state index in [1.165, 1.54) is 0 Å². The summed E-state index contributed by atoms with van der Waals surface area (Å²) >= 11 is 0. The molecule has 6 heteroatoms. The Morgan fingerprint density at radius 2 is 1.68 bits per heavy atom. The summed E-state index contributed by atoms with van der Waals surface area (Å²) in [6.45, 7) is 11.1. The van der Waals surface area contributed by atoms with Gasteiger partial charge in [-0.1, -0.05) is 25.1 Å². The van der Waals surface area contributed by atoms with Crippen LogP contribution in [0.2, 0.25) is 0 Å². The summed E-state index contributed by atoms with van der Waals surface area (Å²) in [5, 5.41) is 0. The number of carbonyl (C=O) groups is 1. The highest BCUT2D eigenvalue weighted by Gasteiger charge is 2.51. The highest BCUT2D eigenvalue weighted by Crippen LogP contribution is 2.36. The van der Waals surface area contributed by atoms with Gasteiger partial charge in [0.2, 0.25) is 5.91 Å². The molecule has 0 saturated carbocycles. The van der Waals surface area contributed by atoms with Crippen LogP contribution >= 0.6 is 0 Å². The van der Waals surface area contributed by atoms with Crippen LogP contribution in [0, 0.1) is 5.92 Å². The number of aromatic nitrogens is 1. The Morgan fingerprint density at radius 1 is 1.04 bits per heavy atom. The average Bonchev–Trinajstić information content (AvgIpc) is 3.09. The summed E-state index contributed by atoms with van der Waals surface area (Å²) in [4.78, 5) is 18.4. The van der Waals surface area contributed by atoms with Crippen LogP contribution in [0.5, 0.6) is 0 Å². The molecular weight excluding hydrogens is 351 g/mol. The number of amides is 1. The van der Waals surface area contributed by atoms with Gasteiger partial charge in [0.05, 0.1) is 11.2 Å². The lowest BCUT2D eigenvalue weighted by atomic mass is 9.79. The average molecular weight is 378 g/mol. The fourth-order valence-corrected chi connectivity index (χ4v) is 3.69. The lowest BCUT2D eigenvalue weighted by Crippen LogP contribution is -2.41. The lowest BCUT2D eigenvalue weighted by Gasteiger charge is -2.32. The van der Waals surface area contributed by atoms with Gasteiger partial charge >= 0.3 is 7.12 Å². The predicted octanol–water partition coefficient (Wildman–Crippen LogP) is 3.42. The normalized spacial score (nSPS) is 23.5. The van der Waals surface area contributed by atoms with Crippen molar-refractivity contribution in [1.82, 2.24) is 4.98 Å². The molecule has 1 atom stereocenters. The van der Waals surface area contributed by atoms with E-state index < -0.39 is 7.12 Å². The number of rotatable bonds is 3. The Bertz CT molecular complexity index is 879. The van der Waals surface area contributed by atoms with Gasteiger partial charge in [-0.25, -0.2) is 0 Å². The molecule has 146 valence electrons. The summed E-state index contributed by atoms with van der Waals surface area (Å²) in [7, 11) is -0.430. The van der Waals surface area contributed by atoms with Crippen LogP contribution in [0.4, 0.5) is 5.69 Å². The Balaban J connectivity index is 1.56. The highest BCUT2D eigenvalue weighted by molar-refractivity contribution is 6.62. The van der Waals surface area contributed by atoms with Gasteiger partial charge in [0.15, 0.2) is 0 Å². The topological polar surface area (TPSA) is 51.7 Å². The molecule has 0 spiro atoms. The number of benzene rings is 1. The lowest BCUT2D eigenvalue weighted by molar-refractivity contribution is -0.117. The molecule has 2 saturated heterocycles. The summed E-state index contributed by atoms with van der Waals surface area (Å²) in [5.74, 6) is 0.609. The minimum atomic E-state index is -0.430. The molecule has 3 heterocycles. The first-order valence-corrected chi connectivity index (χ1v) is 9.88. The molecule has 2 aliphatic heterocycles. The number of hydrogen-bond donors (Lipinski definition) is 0. The van der Waals surface area contributed by atoms with Crippen molar-refractivity contribution in [3.8, 4) is 11.1 Å². The Kier molecular flexibility index (Phi) is 4.59. The minimum absolute atomic E-state index is 0.199. The fourth-order valence-electron chi connectivity index (χ4n) is 3.69. The fraction of sp³-hybridized carbons (Fsp3) is 0.455. The van der Waals surface area contributed by atoms with Crippen molar-refractivity contribution >= 4 is 24.2 Å².